The smallest absolute Gasteiger partial charge is 0.230 e. The highest BCUT2D eigenvalue weighted by atomic mass is 16.5. The number of amides is 1. The number of fused-ring (bicyclic) bond motifs is 1. The van der Waals surface area contributed by atoms with Crippen molar-refractivity contribution in [2.45, 2.75) is 25.9 Å². The van der Waals surface area contributed by atoms with Gasteiger partial charge in [-0.15, -0.1) is 10.2 Å². The summed E-state index contributed by atoms with van der Waals surface area (Å²) < 4.78 is 7.53. The van der Waals surface area contributed by atoms with Crippen molar-refractivity contribution in [3.63, 3.8) is 0 Å². The van der Waals surface area contributed by atoms with Gasteiger partial charge in [-0.25, -0.2) is 0 Å². The lowest BCUT2D eigenvalue weighted by molar-refractivity contribution is -0.148. The monoisotopic (exact) mass is 341 g/mol. The van der Waals surface area contributed by atoms with Gasteiger partial charge in [0.1, 0.15) is 0 Å². The Morgan fingerprint density at radius 3 is 2.64 bits per heavy atom. The van der Waals surface area contributed by atoms with Gasteiger partial charge in [0, 0.05) is 38.4 Å². The van der Waals surface area contributed by atoms with E-state index >= 15 is 0 Å². The number of hydrogen-bond acceptors (Lipinski definition) is 5. The zero-order chi connectivity index (χ0) is 17.3. The maximum Gasteiger partial charge on any atom is 0.230 e. The largest absolute Gasteiger partial charge is 0.381 e. The van der Waals surface area contributed by atoms with Gasteiger partial charge in [-0.05, 0) is 12.8 Å². The minimum Gasteiger partial charge on any atom is -0.381 e. The highest BCUT2D eigenvalue weighted by Gasteiger charge is 2.42. The predicted octanol–water partition coefficient (Wildman–Crippen LogP) is 1.04. The van der Waals surface area contributed by atoms with Crippen LogP contribution in [-0.4, -0.2) is 51.9 Å². The molecular weight excluding hydrogens is 318 g/mol. The van der Waals surface area contributed by atoms with Crippen molar-refractivity contribution < 1.29 is 9.53 Å². The maximum absolute atomic E-state index is 13.1. The molecule has 132 valence electrons. The third-order valence-electron chi connectivity index (χ3n) is 5.37. The van der Waals surface area contributed by atoms with Crippen molar-refractivity contribution in [1.29, 1.82) is 0 Å². The summed E-state index contributed by atoms with van der Waals surface area (Å²) in [5.74, 6) is 1.83. The summed E-state index contributed by atoms with van der Waals surface area (Å²) in [6.45, 7) is 3.42. The minimum atomic E-state index is -0.483. The molecule has 0 spiro atoms. The van der Waals surface area contributed by atoms with Gasteiger partial charge >= 0.3 is 0 Å². The van der Waals surface area contributed by atoms with Crippen molar-refractivity contribution >= 4 is 5.91 Å². The van der Waals surface area contributed by atoms with Crippen molar-refractivity contribution in [3.05, 3.63) is 36.2 Å². The quantitative estimate of drug-likeness (QED) is 0.901. The van der Waals surface area contributed by atoms with E-state index in [0.717, 1.165) is 17.2 Å². The average Bonchev–Trinajstić information content (AvgIpc) is 3.12. The minimum absolute atomic E-state index is 0.133. The standard InChI is InChI=1S/C18H23N5O2/c19-13-18(6-10-25-11-7-18)17(24)22-8-9-23-15(12-22)20-21-16(23)14-4-2-1-3-5-14/h1-5H,6-13,19H2. The summed E-state index contributed by atoms with van der Waals surface area (Å²) >= 11 is 0. The molecular formula is C18H23N5O2. The van der Waals surface area contributed by atoms with Gasteiger partial charge in [0.15, 0.2) is 11.6 Å². The summed E-state index contributed by atoms with van der Waals surface area (Å²) in [5, 5.41) is 8.66. The van der Waals surface area contributed by atoms with E-state index in [1.54, 1.807) is 0 Å². The Labute approximate surface area is 146 Å². The number of rotatable bonds is 3. The molecule has 4 rings (SSSR count). The maximum atomic E-state index is 13.1. The second kappa shape index (κ2) is 6.57. The van der Waals surface area contributed by atoms with Gasteiger partial charge in [-0.3, -0.25) is 4.79 Å². The highest BCUT2D eigenvalue weighted by Crippen LogP contribution is 2.33. The van der Waals surface area contributed by atoms with Gasteiger partial charge in [-0.2, -0.15) is 0 Å². The molecule has 1 amide bonds. The fraction of sp³-hybridized carbons (Fsp3) is 0.500. The molecule has 0 aliphatic carbocycles. The van der Waals surface area contributed by atoms with E-state index in [-0.39, 0.29) is 5.91 Å². The molecule has 25 heavy (non-hydrogen) atoms. The van der Waals surface area contributed by atoms with Crippen LogP contribution in [0.3, 0.4) is 0 Å². The van der Waals surface area contributed by atoms with E-state index < -0.39 is 5.41 Å². The summed E-state index contributed by atoms with van der Waals surface area (Å²) in [6.07, 6.45) is 1.39. The molecule has 0 saturated carbocycles. The molecule has 1 saturated heterocycles. The van der Waals surface area contributed by atoms with E-state index in [4.69, 9.17) is 10.5 Å². The summed E-state index contributed by atoms with van der Waals surface area (Å²) in [5.41, 5.74) is 6.55. The SMILES string of the molecule is NCC1(C(=O)N2CCn3c(nnc3-c3ccccc3)C2)CCOCC1. The number of carbonyl (C=O) groups is 1. The Morgan fingerprint density at radius 1 is 1.16 bits per heavy atom. The Morgan fingerprint density at radius 2 is 1.92 bits per heavy atom. The van der Waals surface area contributed by atoms with Crippen LogP contribution >= 0.6 is 0 Å². The topological polar surface area (TPSA) is 86.3 Å². The van der Waals surface area contributed by atoms with Crippen LogP contribution < -0.4 is 5.73 Å². The number of benzene rings is 1. The molecule has 1 fully saturated rings. The van der Waals surface area contributed by atoms with Gasteiger partial charge in [0.2, 0.25) is 5.91 Å². The van der Waals surface area contributed by atoms with E-state index in [2.05, 4.69) is 14.8 Å². The lowest BCUT2D eigenvalue weighted by Gasteiger charge is -2.40. The highest BCUT2D eigenvalue weighted by molar-refractivity contribution is 5.83. The van der Waals surface area contributed by atoms with Crippen LogP contribution in [0.25, 0.3) is 11.4 Å². The Kier molecular flexibility index (Phi) is 4.27. The Bertz CT molecular complexity index is 752. The fourth-order valence-electron chi connectivity index (χ4n) is 3.73. The summed E-state index contributed by atoms with van der Waals surface area (Å²) in [6, 6.07) is 10.0. The lowest BCUT2D eigenvalue weighted by atomic mass is 9.78. The zero-order valence-corrected chi connectivity index (χ0v) is 14.2. The molecule has 7 heteroatoms. The Hall–Kier alpha value is -2.25. The number of hydrogen-bond donors (Lipinski definition) is 1. The average molecular weight is 341 g/mol. The number of nitrogens with two attached hydrogens (primary N) is 1. The molecule has 2 aromatic rings. The molecule has 1 aromatic carbocycles. The predicted molar refractivity (Wildman–Crippen MR) is 92.4 cm³/mol. The zero-order valence-electron chi connectivity index (χ0n) is 14.2. The van der Waals surface area contributed by atoms with Gasteiger partial charge < -0.3 is 19.9 Å². The van der Waals surface area contributed by atoms with Crippen LogP contribution in [0.4, 0.5) is 0 Å². The molecule has 2 aliphatic heterocycles. The van der Waals surface area contributed by atoms with E-state index in [1.807, 2.05) is 35.2 Å². The molecule has 1 aromatic heterocycles. The molecule has 2 aliphatic rings. The number of nitrogens with zero attached hydrogens (tertiary/aromatic N) is 4. The number of aromatic nitrogens is 3. The summed E-state index contributed by atoms with van der Waals surface area (Å²) in [7, 11) is 0. The van der Waals surface area contributed by atoms with Crippen LogP contribution in [0.1, 0.15) is 18.7 Å². The fourth-order valence-corrected chi connectivity index (χ4v) is 3.73. The molecule has 0 bridgehead atoms. The lowest BCUT2D eigenvalue weighted by Crippen LogP contribution is -2.52. The van der Waals surface area contributed by atoms with Crippen LogP contribution in [0.15, 0.2) is 30.3 Å². The first kappa shape index (κ1) is 16.2. The second-order valence-electron chi connectivity index (χ2n) is 6.78. The van der Waals surface area contributed by atoms with Crippen LogP contribution in [0.2, 0.25) is 0 Å². The van der Waals surface area contributed by atoms with Crippen molar-refractivity contribution in [3.8, 4) is 11.4 Å². The molecule has 0 radical (unpaired) electrons. The molecule has 0 atom stereocenters. The van der Waals surface area contributed by atoms with Crippen molar-refractivity contribution in [2.24, 2.45) is 11.1 Å². The number of carbonyl (C=O) groups excluding carboxylic acids is 1. The number of ether oxygens (including phenoxy) is 1. The van der Waals surface area contributed by atoms with Crippen LogP contribution in [0.5, 0.6) is 0 Å². The van der Waals surface area contributed by atoms with Crippen molar-refractivity contribution in [1.82, 2.24) is 19.7 Å². The van der Waals surface area contributed by atoms with E-state index in [9.17, 15) is 4.79 Å². The third-order valence-corrected chi connectivity index (χ3v) is 5.37. The normalized spacial score (nSPS) is 19.5. The molecule has 0 unspecified atom stereocenters. The first-order valence-corrected chi connectivity index (χ1v) is 8.78. The van der Waals surface area contributed by atoms with E-state index in [1.165, 1.54) is 0 Å². The second-order valence-corrected chi connectivity index (χ2v) is 6.78. The third kappa shape index (κ3) is 2.83. The van der Waals surface area contributed by atoms with Crippen LogP contribution in [-0.2, 0) is 22.6 Å². The first-order chi connectivity index (χ1) is 12.2. The van der Waals surface area contributed by atoms with Gasteiger partial charge in [-0.1, -0.05) is 30.3 Å². The van der Waals surface area contributed by atoms with Gasteiger partial charge in [0.05, 0.1) is 12.0 Å². The van der Waals surface area contributed by atoms with Gasteiger partial charge in [0.25, 0.3) is 0 Å². The molecule has 7 nitrogen and oxygen atoms in total. The van der Waals surface area contributed by atoms with Crippen LogP contribution in [0, 0.1) is 5.41 Å². The molecule has 2 N–H and O–H groups in total. The Balaban J connectivity index is 1.56. The van der Waals surface area contributed by atoms with Crippen molar-refractivity contribution in [2.75, 3.05) is 26.3 Å². The van der Waals surface area contributed by atoms with E-state index in [0.29, 0.717) is 52.2 Å². The summed E-state index contributed by atoms with van der Waals surface area (Å²) in [4.78, 5) is 15.0. The first-order valence-electron chi connectivity index (χ1n) is 8.78. The molecule has 3 heterocycles.